The number of aromatic nitrogens is 3. The third-order valence-corrected chi connectivity index (χ3v) is 5.48. The Balaban J connectivity index is 1.56. The zero-order valence-electron chi connectivity index (χ0n) is 17.2. The number of carbonyl (C=O) groups is 1. The number of nitriles is 1. The first-order valence-corrected chi connectivity index (χ1v) is 10.00. The molecule has 31 heavy (non-hydrogen) atoms. The molecule has 1 fully saturated rings. The van der Waals surface area contributed by atoms with Gasteiger partial charge in [0.2, 0.25) is 5.91 Å². The van der Waals surface area contributed by atoms with Crippen LogP contribution in [0.15, 0.2) is 48.9 Å². The monoisotopic (exact) mass is 416 g/mol. The summed E-state index contributed by atoms with van der Waals surface area (Å²) in [6.07, 6.45) is 5.33. The molecule has 8 heteroatoms. The molecule has 0 aliphatic carbocycles. The lowest BCUT2D eigenvalue weighted by Gasteiger charge is -2.29. The van der Waals surface area contributed by atoms with Crippen LogP contribution in [0.2, 0.25) is 0 Å². The highest BCUT2D eigenvalue weighted by Crippen LogP contribution is 2.30. The molecular formula is C23H21FN6O. The lowest BCUT2D eigenvalue weighted by Crippen LogP contribution is -2.43. The summed E-state index contributed by atoms with van der Waals surface area (Å²) in [6, 6.07) is 10.8. The molecule has 1 saturated heterocycles. The molecule has 2 aromatic heterocycles. The van der Waals surface area contributed by atoms with Crippen molar-refractivity contribution in [2.75, 3.05) is 10.2 Å². The van der Waals surface area contributed by atoms with Crippen LogP contribution in [-0.2, 0) is 4.79 Å². The molecule has 0 saturated carbocycles. The molecule has 1 aromatic carbocycles. The topological polar surface area (TPSA) is 94.8 Å². The molecular weight excluding hydrogens is 395 g/mol. The molecule has 1 amide bonds. The van der Waals surface area contributed by atoms with Gasteiger partial charge >= 0.3 is 0 Å². The van der Waals surface area contributed by atoms with Crippen molar-refractivity contribution >= 4 is 17.4 Å². The number of benzene rings is 1. The van der Waals surface area contributed by atoms with Crippen molar-refractivity contribution in [1.29, 1.82) is 5.26 Å². The van der Waals surface area contributed by atoms with Crippen LogP contribution < -0.4 is 10.2 Å². The smallest absolute Gasteiger partial charge is 0.247 e. The lowest BCUT2D eigenvalue weighted by molar-refractivity contribution is -0.117. The Morgan fingerprint density at radius 3 is 2.61 bits per heavy atom. The highest BCUT2D eigenvalue weighted by molar-refractivity contribution is 5.97. The van der Waals surface area contributed by atoms with Gasteiger partial charge in [-0.15, -0.1) is 0 Å². The Morgan fingerprint density at radius 2 is 1.94 bits per heavy atom. The van der Waals surface area contributed by atoms with Gasteiger partial charge in [0.1, 0.15) is 17.9 Å². The number of aryl methyl sites for hydroxylation is 1. The summed E-state index contributed by atoms with van der Waals surface area (Å²) in [5, 5.41) is 12.0. The molecule has 0 bridgehead atoms. The van der Waals surface area contributed by atoms with Gasteiger partial charge in [-0.2, -0.15) is 5.26 Å². The third-order valence-electron chi connectivity index (χ3n) is 5.48. The van der Waals surface area contributed by atoms with Crippen molar-refractivity contribution in [3.63, 3.8) is 0 Å². The van der Waals surface area contributed by atoms with E-state index in [0.29, 0.717) is 29.3 Å². The first-order valence-electron chi connectivity index (χ1n) is 10.00. The van der Waals surface area contributed by atoms with Crippen LogP contribution >= 0.6 is 0 Å². The molecule has 0 spiro atoms. The van der Waals surface area contributed by atoms with E-state index in [9.17, 15) is 9.18 Å². The van der Waals surface area contributed by atoms with E-state index in [2.05, 4.69) is 33.3 Å². The molecule has 3 heterocycles. The number of rotatable bonds is 4. The number of hydrogen-bond donors (Lipinski definition) is 1. The predicted molar refractivity (Wildman–Crippen MR) is 115 cm³/mol. The number of nitrogens with zero attached hydrogens (tertiary/aromatic N) is 5. The Hall–Kier alpha value is -3.86. The van der Waals surface area contributed by atoms with Gasteiger partial charge in [0.15, 0.2) is 11.6 Å². The Kier molecular flexibility index (Phi) is 5.58. The number of amides is 1. The summed E-state index contributed by atoms with van der Waals surface area (Å²) in [6.45, 7) is 3.97. The second kappa shape index (κ2) is 8.48. The van der Waals surface area contributed by atoms with E-state index in [-0.39, 0.29) is 18.0 Å². The predicted octanol–water partition coefficient (Wildman–Crippen LogP) is 3.85. The van der Waals surface area contributed by atoms with E-state index < -0.39 is 5.82 Å². The lowest BCUT2D eigenvalue weighted by atomic mass is 10.1. The van der Waals surface area contributed by atoms with Gasteiger partial charge in [0, 0.05) is 23.5 Å². The Morgan fingerprint density at radius 1 is 1.16 bits per heavy atom. The van der Waals surface area contributed by atoms with E-state index in [4.69, 9.17) is 5.26 Å². The molecule has 3 aromatic rings. The molecule has 0 radical (unpaired) electrons. The van der Waals surface area contributed by atoms with E-state index in [0.717, 1.165) is 29.9 Å². The quantitative estimate of drug-likeness (QED) is 0.694. The zero-order valence-corrected chi connectivity index (χ0v) is 17.2. The Bertz CT molecular complexity index is 1140. The highest BCUT2D eigenvalue weighted by Gasteiger charge is 2.36. The van der Waals surface area contributed by atoms with Crippen LogP contribution in [-0.4, -0.2) is 32.9 Å². The van der Waals surface area contributed by atoms with Crippen LogP contribution in [0.4, 0.5) is 15.9 Å². The van der Waals surface area contributed by atoms with Gasteiger partial charge in [-0.25, -0.2) is 19.3 Å². The number of nitrogens with one attached hydrogen (secondary N) is 1. The summed E-state index contributed by atoms with van der Waals surface area (Å²) in [7, 11) is 0. The summed E-state index contributed by atoms with van der Waals surface area (Å²) in [4.78, 5) is 27.6. The minimum absolute atomic E-state index is 0.134. The van der Waals surface area contributed by atoms with Gasteiger partial charge in [0.05, 0.1) is 18.0 Å². The van der Waals surface area contributed by atoms with E-state index >= 15 is 0 Å². The van der Waals surface area contributed by atoms with Crippen LogP contribution in [0.5, 0.6) is 0 Å². The number of halogens is 1. The zero-order chi connectivity index (χ0) is 22.0. The molecule has 4 rings (SSSR count). The molecule has 1 N–H and O–H groups in total. The maximum absolute atomic E-state index is 13.2. The van der Waals surface area contributed by atoms with E-state index in [1.165, 1.54) is 6.20 Å². The first kappa shape index (κ1) is 20.4. The van der Waals surface area contributed by atoms with Crippen molar-refractivity contribution in [3.05, 3.63) is 65.9 Å². The maximum atomic E-state index is 13.2. The van der Waals surface area contributed by atoms with E-state index in [1.54, 1.807) is 18.2 Å². The second-order valence-electron chi connectivity index (χ2n) is 7.61. The van der Waals surface area contributed by atoms with Crippen molar-refractivity contribution in [3.8, 4) is 17.5 Å². The minimum atomic E-state index is -0.502. The van der Waals surface area contributed by atoms with Crippen LogP contribution in [0, 0.1) is 24.1 Å². The van der Waals surface area contributed by atoms with Crippen LogP contribution in [0.3, 0.4) is 0 Å². The number of carbonyl (C=O) groups excluding carboxylic acids is 1. The largest absolute Gasteiger partial charge is 0.342 e. The second-order valence-corrected chi connectivity index (χ2v) is 7.61. The number of hydrogen-bond acceptors (Lipinski definition) is 6. The molecule has 1 aliphatic rings. The summed E-state index contributed by atoms with van der Waals surface area (Å²) in [5.41, 5.74) is 2.74. The molecule has 7 nitrogen and oxygen atoms in total. The fourth-order valence-electron chi connectivity index (χ4n) is 3.85. The fourth-order valence-corrected chi connectivity index (χ4v) is 3.85. The van der Waals surface area contributed by atoms with Gasteiger partial charge in [0.25, 0.3) is 0 Å². The first-order chi connectivity index (χ1) is 15.0. The number of anilines is 2. The van der Waals surface area contributed by atoms with Gasteiger partial charge in [-0.05, 0) is 56.5 Å². The standard InChI is InChI=1S/C23H21FN6O/c1-14-3-6-18(9-19(14)22-27-12-17(24)13-28-22)29-23(31)20-7-4-15(2)30(20)21-8-5-16(10-25)11-26-21/h3,5-6,8-9,11-13,15,20H,4,7H2,1-2H3,(H,29,31)/t15-,20+/m1/s1. The van der Waals surface area contributed by atoms with Gasteiger partial charge in [-0.3, -0.25) is 4.79 Å². The maximum Gasteiger partial charge on any atom is 0.247 e. The molecule has 156 valence electrons. The van der Waals surface area contributed by atoms with Crippen molar-refractivity contribution in [2.24, 2.45) is 0 Å². The molecule has 1 aliphatic heterocycles. The third kappa shape index (κ3) is 4.21. The van der Waals surface area contributed by atoms with Crippen molar-refractivity contribution < 1.29 is 9.18 Å². The average Bonchev–Trinajstić information content (AvgIpc) is 3.17. The summed E-state index contributed by atoms with van der Waals surface area (Å²) >= 11 is 0. The van der Waals surface area contributed by atoms with Gasteiger partial charge < -0.3 is 10.2 Å². The average molecular weight is 416 g/mol. The molecule has 0 unspecified atom stereocenters. The van der Waals surface area contributed by atoms with Crippen molar-refractivity contribution in [1.82, 2.24) is 15.0 Å². The molecule has 2 atom stereocenters. The van der Waals surface area contributed by atoms with Crippen molar-refractivity contribution in [2.45, 2.75) is 38.8 Å². The SMILES string of the molecule is Cc1ccc(NC(=O)[C@@H]2CC[C@@H](C)N2c2ccc(C#N)cn2)cc1-c1ncc(F)cn1. The van der Waals surface area contributed by atoms with Crippen LogP contribution in [0.25, 0.3) is 11.4 Å². The minimum Gasteiger partial charge on any atom is -0.342 e. The normalized spacial score (nSPS) is 17.9. The van der Waals surface area contributed by atoms with E-state index in [1.807, 2.05) is 24.0 Å². The number of pyridine rings is 1. The van der Waals surface area contributed by atoms with Crippen LogP contribution in [0.1, 0.15) is 30.9 Å². The van der Waals surface area contributed by atoms with Gasteiger partial charge in [-0.1, -0.05) is 6.07 Å². The Labute approximate surface area is 179 Å². The summed E-state index contributed by atoms with van der Waals surface area (Å²) in [5.74, 6) is 0.435. The highest BCUT2D eigenvalue weighted by atomic mass is 19.1. The summed E-state index contributed by atoms with van der Waals surface area (Å²) < 4.78 is 13.2. The fraction of sp³-hybridized carbons (Fsp3) is 0.261.